The highest BCUT2D eigenvalue weighted by Crippen LogP contribution is 2.21. The second-order valence-electron chi connectivity index (χ2n) is 7.14. The summed E-state index contributed by atoms with van der Waals surface area (Å²) in [7, 11) is 0. The van der Waals surface area contributed by atoms with Gasteiger partial charge >= 0.3 is 0 Å². The third kappa shape index (κ3) is 6.42. The van der Waals surface area contributed by atoms with E-state index in [4.69, 9.17) is 11.6 Å². The van der Waals surface area contributed by atoms with E-state index >= 15 is 0 Å². The molecule has 0 aliphatic heterocycles. The van der Waals surface area contributed by atoms with Crippen molar-refractivity contribution in [3.8, 4) is 0 Å². The molecule has 1 aromatic heterocycles. The molecule has 0 saturated carbocycles. The minimum atomic E-state index is -0.425. The number of rotatable bonds is 9. The van der Waals surface area contributed by atoms with Crippen LogP contribution in [0.3, 0.4) is 0 Å². The van der Waals surface area contributed by atoms with Gasteiger partial charge < -0.3 is 0 Å². The molecule has 31 heavy (non-hydrogen) atoms. The van der Waals surface area contributed by atoms with Crippen LogP contribution in [0.2, 0.25) is 5.02 Å². The summed E-state index contributed by atoms with van der Waals surface area (Å²) in [5, 5.41) is 3.82. The maximum atomic E-state index is 13.0. The molecule has 0 saturated heterocycles. The fourth-order valence-electron chi connectivity index (χ4n) is 3.15. The average molecular weight is 458 g/mol. The molecule has 162 valence electrons. The first-order valence-electron chi connectivity index (χ1n) is 10.2. The molecule has 0 aliphatic carbocycles. The number of fused-ring (bicyclic) bond motifs is 1. The number of nitrogens with zero attached hydrogens (tertiary/aromatic N) is 2. The molecule has 2 aromatic carbocycles. The predicted molar refractivity (Wildman–Crippen MR) is 125 cm³/mol. The van der Waals surface area contributed by atoms with Crippen molar-refractivity contribution in [3.63, 3.8) is 0 Å². The first-order chi connectivity index (χ1) is 15.0. The van der Waals surface area contributed by atoms with Crippen molar-refractivity contribution >= 4 is 46.1 Å². The molecule has 0 fully saturated rings. The molecule has 0 atom stereocenters. The summed E-state index contributed by atoms with van der Waals surface area (Å²) < 4.78 is 1.61. The average Bonchev–Trinajstić information content (AvgIpc) is 2.74. The molecular formula is C23H24ClN3O3S. The summed E-state index contributed by atoms with van der Waals surface area (Å²) in [5.74, 6) is -0.811. The van der Waals surface area contributed by atoms with Gasteiger partial charge in [-0.1, -0.05) is 73.5 Å². The lowest BCUT2D eigenvalue weighted by molar-refractivity contribution is -0.128. The molecule has 8 heteroatoms. The van der Waals surface area contributed by atoms with E-state index in [-0.39, 0.29) is 23.6 Å². The fourth-order valence-corrected chi connectivity index (χ4v) is 4.14. The van der Waals surface area contributed by atoms with Crippen molar-refractivity contribution in [1.29, 1.82) is 0 Å². The summed E-state index contributed by atoms with van der Waals surface area (Å²) in [6, 6.07) is 14.2. The van der Waals surface area contributed by atoms with Crippen LogP contribution in [-0.2, 0) is 22.6 Å². The Morgan fingerprint density at radius 1 is 1.10 bits per heavy atom. The van der Waals surface area contributed by atoms with E-state index in [9.17, 15) is 14.4 Å². The number of thioether (sulfide) groups is 1. The fraction of sp³-hybridized carbons (Fsp3) is 0.304. The van der Waals surface area contributed by atoms with Crippen molar-refractivity contribution in [2.75, 3.05) is 5.75 Å². The number of aromatic nitrogens is 2. The Morgan fingerprint density at radius 2 is 1.87 bits per heavy atom. The Kier molecular flexibility index (Phi) is 8.26. The Morgan fingerprint density at radius 3 is 2.61 bits per heavy atom. The molecule has 3 aromatic rings. The van der Waals surface area contributed by atoms with Crippen LogP contribution in [0.4, 0.5) is 0 Å². The molecule has 0 bridgehead atoms. The number of carbonyl (C=O) groups is 2. The van der Waals surface area contributed by atoms with E-state index in [1.807, 2.05) is 30.3 Å². The van der Waals surface area contributed by atoms with Crippen molar-refractivity contribution in [2.24, 2.45) is 0 Å². The SMILES string of the molecule is CCCCCn1c(SCC(=O)NC(=O)Cc2ccccc2)nc2cc(Cl)ccc2c1=O. The highest BCUT2D eigenvalue weighted by Gasteiger charge is 2.15. The zero-order valence-electron chi connectivity index (χ0n) is 17.3. The quantitative estimate of drug-likeness (QED) is 0.295. The van der Waals surface area contributed by atoms with E-state index < -0.39 is 5.91 Å². The summed E-state index contributed by atoms with van der Waals surface area (Å²) in [4.78, 5) is 42.0. The van der Waals surface area contributed by atoms with Gasteiger partial charge in [-0.15, -0.1) is 0 Å². The molecule has 0 spiro atoms. The third-order valence-electron chi connectivity index (χ3n) is 4.69. The van der Waals surface area contributed by atoms with Crippen LogP contribution in [0.15, 0.2) is 58.5 Å². The van der Waals surface area contributed by atoms with Gasteiger partial charge in [0.05, 0.1) is 23.1 Å². The maximum absolute atomic E-state index is 13.0. The molecule has 2 amide bonds. The topological polar surface area (TPSA) is 81.1 Å². The summed E-state index contributed by atoms with van der Waals surface area (Å²) in [5.41, 5.74) is 1.17. The maximum Gasteiger partial charge on any atom is 0.262 e. The van der Waals surface area contributed by atoms with Gasteiger partial charge in [0.1, 0.15) is 0 Å². The van der Waals surface area contributed by atoms with Crippen molar-refractivity contribution in [2.45, 2.75) is 44.3 Å². The molecule has 1 N–H and O–H groups in total. The van der Waals surface area contributed by atoms with Crippen LogP contribution in [0.25, 0.3) is 10.9 Å². The predicted octanol–water partition coefficient (Wildman–Crippen LogP) is 4.22. The van der Waals surface area contributed by atoms with Crippen molar-refractivity contribution in [1.82, 2.24) is 14.9 Å². The van der Waals surface area contributed by atoms with Crippen molar-refractivity contribution < 1.29 is 9.59 Å². The number of amides is 2. The standard InChI is InChI=1S/C23H24ClN3O3S/c1-2-3-7-12-27-22(30)18-11-10-17(24)14-19(18)25-23(27)31-15-21(29)26-20(28)13-16-8-5-4-6-9-16/h4-6,8-11,14H,2-3,7,12-13,15H2,1H3,(H,26,28,29). The van der Waals surface area contributed by atoms with E-state index in [1.165, 1.54) is 0 Å². The first kappa shape index (κ1) is 23.0. The number of halogens is 1. The highest BCUT2D eigenvalue weighted by atomic mass is 35.5. The second kappa shape index (κ2) is 11.1. The minimum absolute atomic E-state index is 0.0210. The second-order valence-corrected chi connectivity index (χ2v) is 8.52. The molecule has 6 nitrogen and oxygen atoms in total. The van der Waals surface area contributed by atoms with Crippen LogP contribution in [0.1, 0.15) is 31.7 Å². The molecule has 1 heterocycles. The first-order valence-corrected chi connectivity index (χ1v) is 11.5. The third-order valence-corrected chi connectivity index (χ3v) is 5.90. The van der Waals surface area contributed by atoms with Crippen LogP contribution >= 0.6 is 23.4 Å². The Bertz CT molecular complexity index is 1130. The van der Waals surface area contributed by atoms with Gasteiger partial charge in [-0.05, 0) is 30.2 Å². The largest absolute Gasteiger partial charge is 0.295 e. The summed E-state index contributed by atoms with van der Waals surface area (Å²) >= 11 is 7.20. The zero-order valence-corrected chi connectivity index (χ0v) is 18.8. The zero-order chi connectivity index (χ0) is 22.2. The molecule has 0 unspecified atom stereocenters. The Hall–Kier alpha value is -2.64. The van der Waals surface area contributed by atoms with Crippen LogP contribution in [0.5, 0.6) is 0 Å². The van der Waals surface area contributed by atoms with Gasteiger partial charge in [0, 0.05) is 11.6 Å². The van der Waals surface area contributed by atoms with E-state index in [0.717, 1.165) is 36.6 Å². The number of imide groups is 1. The van der Waals surface area contributed by atoms with Gasteiger partial charge in [-0.25, -0.2) is 4.98 Å². The highest BCUT2D eigenvalue weighted by molar-refractivity contribution is 7.99. The van der Waals surface area contributed by atoms with Gasteiger partial charge in [0.25, 0.3) is 5.56 Å². The van der Waals surface area contributed by atoms with E-state index in [0.29, 0.717) is 27.6 Å². The van der Waals surface area contributed by atoms with Crippen LogP contribution in [-0.4, -0.2) is 27.1 Å². The number of carbonyl (C=O) groups excluding carboxylic acids is 2. The Balaban J connectivity index is 1.72. The van der Waals surface area contributed by atoms with Gasteiger partial charge in [0.15, 0.2) is 5.16 Å². The molecule has 0 aliphatic rings. The summed E-state index contributed by atoms with van der Waals surface area (Å²) in [6.07, 6.45) is 2.99. The Labute approximate surface area is 190 Å². The lowest BCUT2D eigenvalue weighted by Crippen LogP contribution is -2.33. The summed E-state index contributed by atoms with van der Waals surface area (Å²) in [6.45, 7) is 2.62. The lowest BCUT2D eigenvalue weighted by atomic mass is 10.1. The van der Waals surface area contributed by atoms with E-state index in [2.05, 4.69) is 17.2 Å². The number of benzene rings is 2. The normalized spacial score (nSPS) is 10.9. The monoisotopic (exact) mass is 457 g/mol. The molecule has 3 rings (SSSR count). The number of hydrogen-bond acceptors (Lipinski definition) is 5. The lowest BCUT2D eigenvalue weighted by Gasteiger charge is -2.13. The van der Waals surface area contributed by atoms with Gasteiger partial charge in [-0.3, -0.25) is 24.3 Å². The number of unbranched alkanes of at least 4 members (excludes halogenated alkanes) is 2. The number of nitrogens with one attached hydrogen (secondary N) is 1. The van der Waals surface area contributed by atoms with Crippen molar-refractivity contribution in [3.05, 3.63) is 69.5 Å². The minimum Gasteiger partial charge on any atom is -0.295 e. The van der Waals surface area contributed by atoms with Gasteiger partial charge in [-0.2, -0.15) is 0 Å². The molecule has 0 radical (unpaired) electrons. The smallest absolute Gasteiger partial charge is 0.262 e. The van der Waals surface area contributed by atoms with Crippen LogP contribution in [0, 0.1) is 0 Å². The van der Waals surface area contributed by atoms with Gasteiger partial charge in [0.2, 0.25) is 11.8 Å². The van der Waals surface area contributed by atoms with E-state index in [1.54, 1.807) is 22.8 Å². The number of hydrogen-bond donors (Lipinski definition) is 1. The molecular weight excluding hydrogens is 434 g/mol. The van der Waals surface area contributed by atoms with Crippen LogP contribution < -0.4 is 10.9 Å².